The predicted molar refractivity (Wildman–Crippen MR) is 167 cm³/mol. The Morgan fingerprint density at radius 2 is 1.51 bits per heavy atom. The first-order valence-electron chi connectivity index (χ1n) is 16.3. The minimum absolute atomic E-state index is 0. The summed E-state index contributed by atoms with van der Waals surface area (Å²) in [6.45, 7) is 8.96. The number of Topliss-reactive ketones (excluding diaryl/α,β-unsaturated/α-hetero) is 1. The fraction of sp³-hybridized carbons (Fsp3) is 0.879. The Kier molecular flexibility index (Phi) is 15.3. The zero-order valence-electron chi connectivity index (χ0n) is 25.7. The van der Waals surface area contributed by atoms with Crippen LogP contribution in [0.25, 0.3) is 0 Å². The second-order valence-corrected chi connectivity index (χ2v) is 14.8. The first-order chi connectivity index (χ1) is 18.9. The summed E-state index contributed by atoms with van der Waals surface area (Å²) >= 11 is 0. The Morgan fingerprint density at radius 3 is 2.10 bits per heavy atom. The van der Waals surface area contributed by atoms with Gasteiger partial charge in [0, 0.05) is 12.3 Å². The van der Waals surface area contributed by atoms with E-state index in [0.29, 0.717) is 23.9 Å². The molecule has 1 N–H and O–H groups in total. The molecule has 0 aromatic heterocycles. The number of allylic oxidation sites excluding steroid dienone is 1. The van der Waals surface area contributed by atoms with Crippen LogP contribution in [0.2, 0.25) is 0 Å². The molecule has 0 spiro atoms. The van der Waals surface area contributed by atoms with Crippen molar-refractivity contribution >= 4 is 51.5 Å². The average Bonchev–Trinajstić information content (AvgIpc) is 3.25. The normalized spacial score (nSPS) is 32.4. The number of rotatable bonds is 13. The first kappa shape index (κ1) is 37.1. The second kappa shape index (κ2) is 16.9. The van der Waals surface area contributed by atoms with Crippen molar-refractivity contribution in [3.05, 3.63) is 11.6 Å². The summed E-state index contributed by atoms with van der Waals surface area (Å²) in [5.74, 6) is 3.29. The molecule has 0 aliphatic heterocycles. The Hall–Kier alpha value is -0.0500. The summed E-state index contributed by atoms with van der Waals surface area (Å²) in [7, 11) is -4.23. The molecule has 0 aromatic rings. The average molecular weight is 605 g/mol. The molecule has 4 aliphatic rings. The Morgan fingerprint density at radius 1 is 0.902 bits per heavy atom. The van der Waals surface area contributed by atoms with Gasteiger partial charge in [0.1, 0.15) is 5.78 Å². The molecular formula is C33H57NaO6S. The maximum absolute atomic E-state index is 12.1. The quantitative estimate of drug-likeness (QED) is 0.131. The SMILES string of the molecule is CC(=O)[C@H]1CCC2[C@H]3CCC4=CC(=O)CC[C@]4(C)[C@@H]3CC[C@@]21C.CCCCCCCCCCCCOS(=O)(=O)O.[NaH]. The van der Waals surface area contributed by atoms with Gasteiger partial charge in [-0.3, -0.25) is 14.1 Å². The third-order valence-electron chi connectivity index (χ3n) is 11.2. The van der Waals surface area contributed by atoms with E-state index in [1.54, 1.807) is 6.92 Å². The number of ketones is 2. The van der Waals surface area contributed by atoms with E-state index in [0.717, 1.165) is 56.3 Å². The molecule has 41 heavy (non-hydrogen) atoms. The van der Waals surface area contributed by atoms with Crippen molar-refractivity contribution in [2.75, 3.05) is 6.61 Å². The summed E-state index contributed by atoms with van der Waals surface area (Å²) in [6, 6.07) is 0. The molecule has 4 aliphatic carbocycles. The molecule has 0 bridgehead atoms. The Bertz CT molecular complexity index is 994. The van der Waals surface area contributed by atoms with E-state index in [4.69, 9.17) is 4.55 Å². The first-order valence-corrected chi connectivity index (χ1v) is 17.6. The number of unbranched alkanes of at least 4 members (excludes halogenated alkanes) is 9. The van der Waals surface area contributed by atoms with E-state index >= 15 is 0 Å². The Labute approximate surface area is 272 Å². The minimum atomic E-state index is -4.23. The molecule has 0 saturated heterocycles. The molecule has 0 heterocycles. The number of carbonyl (C=O) groups excluding carboxylic acids is 2. The van der Waals surface area contributed by atoms with Gasteiger partial charge in [-0.25, -0.2) is 4.18 Å². The van der Waals surface area contributed by atoms with Crippen LogP contribution in [-0.2, 0) is 24.2 Å². The van der Waals surface area contributed by atoms with Crippen LogP contribution in [0.5, 0.6) is 0 Å². The molecule has 3 saturated carbocycles. The summed E-state index contributed by atoms with van der Waals surface area (Å²) < 4.78 is 33.0. The van der Waals surface area contributed by atoms with E-state index in [-0.39, 0.29) is 47.0 Å². The van der Waals surface area contributed by atoms with Crippen LogP contribution in [0.4, 0.5) is 0 Å². The molecule has 0 radical (unpaired) electrons. The third kappa shape index (κ3) is 9.97. The van der Waals surface area contributed by atoms with E-state index < -0.39 is 10.4 Å². The summed E-state index contributed by atoms with van der Waals surface area (Å²) in [4.78, 5) is 24.0. The van der Waals surface area contributed by atoms with Crippen molar-refractivity contribution < 1.29 is 26.7 Å². The van der Waals surface area contributed by atoms with Crippen LogP contribution < -0.4 is 0 Å². The number of fused-ring (bicyclic) bond motifs is 5. The topological polar surface area (TPSA) is 97.7 Å². The standard InChI is InChI=1S/C21H30O2.C12H26O4S.Na.H/c1-13(22)17-6-7-18-16-5-4-14-12-15(23)8-10-20(14,2)19(16)9-11-21(17,18)3;1-2-3-4-5-6-7-8-9-10-11-12-16-17(13,14)15;;/h12,16-19H,4-11H2,1-3H3;2-12H2,1H3,(H,13,14,15);;/t16-,17-,18?,19-,20+,21-;;;/m1.../s1. The molecule has 1 unspecified atom stereocenters. The fourth-order valence-corrected chi connectivity index (χ4v) is 9.31. The van der Waals surface area contributed by atoms with Gasteiger partial charge >= 0.3 is 40.0 Å². The van der Waals surface area contributed by atoms with Gasteiger partial charge in [-0.15, -0.1) is 0 Å². The predicted octanol–water partition coefficient (Wildman–Crippen LogP) is 7.80. The summed E-state index contributed by atoms with van der Waals surface area (Å²) in [5.41, 5.74) is 1.95. The van der Waals surface area contributed by atoms with Gasteiger partial charge in [-0.2, -0.15) is 8.42 Å². The van der Waals surface area contributed by atoms with Crippen LogP contribution in [0.15, 0.2) is 11.6 Å². The molecular weight excluding hydrogens is 547 g/mol. The van der Waals surface area contributed by atoms with Gasteiger partial charge in [0.05, 0.1) is 6.61 Å². The van der Waals surface area contributed by atoms with E-state index in [1.807, 2.05) is 6.08 Å². The van der Waals surface area contributed by atoms with E-state index in [1.165, 1.54) is 76.2 Å². The molecule has 8 heteroatoms. The van der Waals surface area contributed by atoms with Gasteiger partial charge in [0.2, 0.25) is 0 Å². The van der Waals surface area contributed by atoms with Crippen LogP contribution in [-0.4, -0.2) is 60.7 Å². The van der Waals surface area contributed by atoms with Crippen LogP contribution in [0.1, 0.15) is 143 Å². The van der Waals surface area contributed by atoms with Crippen LogP contribution in [0.3, 0.4) is 0 Å². The fourth-order valence-electron chi connectivity index (χ4n) is 8.98. The molecule has 6 nitrogen and oxygen atoms in total. The molecule has 0 aromatic carbocycles. The van der Waals surface area contributed by atoms with Crippen molar-refractivity contribution in [1.29, 1.82) is 0 Å². The zero-order chi connectivity index (χ0) is 29.4. The van der Waals surface area contributed by atoms with Gasteiger partial charge in [-0.1, -0.05) is 84.1 Å². The third-order valence-corrected chi connectivity index (χ3v) is 11.6. The van der Waals surface area contributed by atoms with Gasteiger partial charge in [0.25, 0.3) is 0 Å². The summed E-state index contributed by atoms with van der Waals surface area (Å²) in [6.07, 6.45) is 22.8. The zero-order valence-corrected chi connectivity index (χ0v) is 26.5. The monoisotopic (exact) mass is 604 g/mol. The van der Waals surface area contributed by atoms with E-state index in [2.05, 4.69) is 25.0 Å². The van der Waals surface area contributed by atoms with Crippen LogP contribution in [0, 0.1) is 34.5 Å². The van der Waals surface area contributed by atoms with Gasteiger partial charge < -0.3 is 0 Å². The second-order valence-electron chi connectivity index (χ2n) is 13.7. The van der Waals surface area contributed by atoms with Crippen molar-refractivity contribution in [2.24, 2.45) is 34.5 Å². The van der Waals surface area contributed by atoms with Crippen molar-refractivity contribution in [3.8, 4) is 0 Å². The van der Waals surface area contributed by atoms with Crippen molar-refractivity contribution in [2.45, 2.75) is 143 Å². The Balaban J connectivity index is 0.000000296. The van der Waals surface area contributed by atoms with Crippen LogP contribution >= 0.6 is 0 Å². The number of hydrogen-bond acceptors (Lipinski definition) is 5. The van der Waals surface area contributed by atoms with Crippen molar-refractivity contribution in [3.63, 3.8) is 0 Å². The van der Waals surface area contributed by atoms with Gasteiger partial charge in [-0.05, 0) is 93.0 Å². The maximum atomic E-state index is 12.1. The number of carbonyl (C=O) groups is 2. The van der Waals surface area contributed by atoms with E-state index in [9.17, 15) is 18.0 Å². The molecule has 6 atom stereocenters. The molecule has 0 amide bonds. The van der Waals surface area contributed by atoms with Gasteiger partial charge in [0.15, 0.2) is 5.78 Å². The number of hydrogen-bond donors (Lipinski definition) is 1. The summed E-state index contributed by atoms with van der Waals surface area (Å²) in [5, 5.41) is 0. The van der Waals surface area contributed by atoms with Crippen molar-refractivity contribution in [1.82, 2.24) is 0 Å². The molecule has 3 fully saturated rings. The molecule has 4 rings (SSSR count). The molecule has 232 valence electrons.